The van der Waals surface area contributed by atoms with E-state index < -0.39 is 11.9 Å². The van der Waals surface area contributed by atoms with Crippen molar-refractivity contribution < 1.29 is 14.0 Å². The molecule has 0 aliphatic carbocycles. The molecule has 20 heavy (non-hydrogen) atoms. The Labute approximate surface area is 120 Å². The molecule has 0 aliphatic heterocycles. The van der Waals surface area contributed by atoms with Crippen LogP contribution in [0.5, 0.6) is 0 Å². The Balaban J connectivity index is 2.08. The van der Waals surface area contributed by atoms with E-state index >= 15 is 0 Å². The van der Waals surface area contributed by atoms with Crippen molar-refractivity contribution in [3.05, 3.63) is 58.0 Å². The quantitative estimate of drug-likeness (QED) is 0.859. The highest BCUT2D eigenvalue weighted by Gasteiger charge is 2.21. The highest BCUT2D eigenvalue weighted by Crippen LogP contribution is 2.11. The molecule has 1 aromatic carbocycles. The van der Waals surface area contributed by atoms with Gasteiger partial charge in [0.05, 0.1) is 6.04 Å². The summed E-state index contributed by atoms with van der Waals surface area (Å²) >= 11 is 1.44. The molecule has 0 radical (unpaired) electrons. The normalized spacial score (nSPS) is 11.9. The third-order valence-corrected chi connectivity index (χ3v) is 3.63. The molecule has 2 rings (SSSR count). The molecule has 0 bridgehead atoms. The molecule has 1 atom stereocenters. The average Bonchev–Trinajstić information content (AvgIpc) is 2.98. The summed E-state index contributed by atoms with van der Waals surface area (Å²) in [7, 11) is 0. The number of Topliss-reactive ketones (excluding diaryl/α,β-unsaturated/α-hetero) is 1. The third kappa shape index (κ3) is 3.30. The zero-order valence-corrected chi connectivity index (χ0v) is 11.7. The van der Waals surface area contributed by atoms with Crippen molar-refractivity contribution in [1.29, 1.82) is 0 Å². The van der Waals surface area contributed by atoms with Crippen molar-refractivity contribution in [3.63, 3.8) is 0 Å². The Hall–Kier alpha value is -2.01. The number of amides is 1. The number of halogens is 1. The van der Waals surface area contributed by atoms with Gasteiger partial charge in [-0.05, 0) is 42.1 Å². The van der Waals surface area contributed by atoms with Gasteiger partial charge in [-0.2, -0.15) is 11.3 Å². The van der Waals surface area contributed by atoms with E-state index in [1.54, 1.807) is 11.4 Å². The second-order valence-corrected chi connectivity index (χ2v) is 5.10. The van der Waals surface area contributed by atoms with Crippen LogP contribution in [0.25, 0.3) is 0 Å². The number of hydrogen-bond donors (Lipinski definition) is 1. The summed E-state index contributed by atoms with van der Waals surface area (Å²) in [6, 6.07) is 6.40. The number of carbonyl (C=O) groups excluding carboxylic acids is 2. The second kappa shape index (κ2) is 6.43. The van der Waals surface area contributed by atoms with Gasteiger partial charge in [0, 0.05) is 16.5 Å². The zero-order chi connectivity index (χ0) is 14.5. The summed E-state index contributed by atoms with van der Waals surface area (Å²) < 4.78 is 12.8. The van der Waals surface area contributed by atoms with Gasteiger partial charge in [-0.1, -0.05) is 6.92 Å². The predicted molar refractivity (Wildman–Crippen MR) is 76.6 cm³/mol. The van der Waals surface area contributed by atoms with Gasteiger partial charge in [-0.25, -0.2) is 4.39 Å². The van der Waals surface area contributed by atoms with Crippen molar-refractivity contribution in [3.8, 4) is 0 Å². The molecule has 1 aromatic heterocycles. The maximum Gasteiger partial charge on any atom is 0.251 e. The molecule has 1 N–H and O–H groups in total. The van der Waals surface area contributed by atoms with E-state index in [-0.39, 0.29) is 11.7 Å². The van der Waals surface area contributed by atoms with Crippen LogP contribution >= 0.6 is 11.3 Å². The first-order chi connectivity index (χ1) is 9.61. The van der Waals surface area contributed by atoms with Crippen molar-refractivity contribution in [2.24, 2.45) is 0 Å². The molecule has 104 valence electrons. The maximum atomic E-state index is 12.8. The fourth-order valence-electron chi connectivity index (χ4n) is 1.80. The van der Waals surface area contributed by atoms with E-state index in [0.717, 1.165) is 0 Å². The van der Waals surface area contributed by atoms with Crippen molar-refractivity contribution in [2.75, 3.05) is 0 Å². The molecule has 1 heterocycles. The smallest absolute Gasteiger partial charge is 0.251 e. The Morgan fingerprint density at radius 3 is 2.45 bits per heavy atom. The zero-order valence-electron chi connectivity index (χ0n) is 10.9. The number of hydrogen-bond acceptors (Lipinski definition) is 3. The summed E-state index contributed by atoms with van der Waals surface area (Å²) in [4.78, 5) is 24.2. The van der Waals surface area contributed by atoms with E-state index in [2.05, 4.69) is 5.32 Å². The minimum absolute atomic E-state index is 0.107. The highest BCUT2D eigenvalue weighted by molar-refractivity contribution is 7.08. The Bertz CT molecular complexity index is 593. The lowest BCUT2D eigenvalue weighted by Crippen LogP contribution is -2.40. The van der Waals surface area contributed by atoms with E-state index in [9.17, 15) is 14.0 Å². The molecule has 1 unspecified atom stereocenters. The summed E-state index contributed by atoms with van der Waals surface area (Å²) in [6.45, 7) is 1.83. The van der Waals surface area contributed by atoms with Gasteiger partial charge in [0.1, 0.15) is 5.82 Å². The Kier molecular flexibility index (Phi) is 4.63. The first-order valence-corrected chi connectivity index (χ1v) is 7.19. The topological polar surface area (TPSA) is 46.2 Å². The SMILES string of the molecule is CCC(NC(=O)c1ccc(F)cc1)C(=O)c1ccsc1. The Morgan fingerprint density at radius 2 is 1.90 bits per heavy atom. The molecular weight excluding hydrogens is 277 g/mol. The van der Waals surface area contributed by atoms with Gasteiger partial charge in [-0.15, -0.1) is 0 Å². The van der Waals surface area contributed by atoms with Gasteiger partial charge in [0.2, 0.25) is 0 Å². The van der Waals surface area contributed by atoms with E-state index in [1.165, 1.54) is 35.6 Å². The molecule has 1 amide bonds. The summed E-state index contributed by atoms with van der Waals surface area (Å²) in [6.07, 6.45) is 0.502. The van der Waals surface area contributed by atoms with Crippen LogP contribution in [0, 0.1) is 5.82 Å². The van der Waals surface area contributed by atoms with E-state index in [4.69, 9.17) is 0 Å². The van der Waals surface area contributed by atoms with Crippen LogP contribution in [-0.4, -0.2) is 17.7 Å². The largest absolute Gasteiger partial charge is 0.342 e. The van der Waals surface area contributed by atoms with Gasteiger partial charge >= 0.3 is 0 Å². The van der Waals surface area contributed by atoms with Gasteiger partial charge in [-0.3, -0.25) is 9.59 Å². The van der Waals surface area contributed by atoms with Gasteiger partial charge in [0.15, 0.2) is 5.78 Å². The number of carbonyl (C=O) groups is 2. The summed E-state index contributed by atoms with van der Waals surface area (Å²) in [5.74, 6) is -0.882. The molecule has 5 heteroatoms. The lowest BCUT2D eigenvalue weighted by atomic mass is 10.0. The molecule has 3 nitrogen and oxygen atoms in total. The van der Waals surface area contributed by atoms with E-state index in [1.807, 2.05) is 12.3 Å². The molecular formula is C15H14FNO2S. The number of benzene rings is 1. The fraction of sp³-hybridized carbons (Fsp3) is 0.200. The minimum Gasteiger partial charge on any atom is -0.342 e. The molecule has 0 saturated heterocycles. The number of ketones is 1. The minimum atomic E-state index is -0.567. The number of rotatable bonds is 5. The molecule has 0 fully saturated rings. The standard InChI is InChI=1S/C15H14FNO2S/c1-2-13(14(18)11-7-8-20-9-11)17-15(19)10-3-5-12(16)6-4-10/h3-9,13H,2H2,1H3,(H,17,19). The van der Waals surface area contributed by atoms with Crippen LogP contribution < -0.4 is 5.32 Å². The molecule has 0 spiro atoms. The first kappa shape index (κ1) is 14.4. The van der Waals surface area contributed by atoms with Crippen molar-refractivity contribution >= 4 is 23.0 Å². The number of nitrogens with one attached hydrogen (secondary N) is 1. The van der Waals surface area contributed by atoms with Crippen LogP contribution in [0.3, 0.4) is 0 Å². The van der Waals surface area contributed by atoms with E-state index in [0.29, 0.717) is 17.5 Å². The molecule has 0 aliphatic rings. The van der Waals surface area contributed by atoms with Crippen LogP contribution in [0.2, 0.25) is 0 Å². The summed E-state index contributed by atoms with van der Waals surface area (Å²) in [5, 5.41) is 6.26. The van der Waals surface area contributed by atoms with Crippen LogP contribution in [0.4, 0.5) is 4.39 Å². The van der Waals surface area contributed by atoms with Crippen molar-refractivity contribution in [1.82, 2.24) is 5.32 Å². The molecule has 0 saturated carbocycles. The van der Waals surface area contributed by atoms with Gasteiger partial charge < -0.3 is 5.32 Å². The molecule has 2 aromatic rings. The fourth-order valence-corrected chi connectivity index (χ4v) is 2.45. The average molecular weight is 291 g/mol. The Morgan fingerprint density at radius 1 is 1.20 bits per heavy atom. The van der Waals surface area contributed by atoms with Gasteiger partial charge in [0.25, 0.3) is 5.91 Å². The monoisotopic (exact) mass is 291 g/mol. The van der Waals surface area contributed by atoms with Crippen molar-refractivity contribution in [2.45, 2.75) is 19.4 Å². The predicted octanol–water partition coefficient (Wildman–Crippen LogP) is 3.28. The maximum absolute atomic E-state index is 12.8. The highest BCUT2D eigenvalue weighted by atomic mass is 32.1. The van der Waals surface area contributed by atoms with Crippen LogP contribution in [0.15, 0.2) is 41.1 Å². The van der Waals surface area contributed by atoms with Crippen LogP contribution in [0.1, 0.15) is 34.1 Å². The number of thiophene rings is 1. The second-order valence-electron chi connectivity index (χ2n) is 4.32. The third-order valence-electron chi connectivity index (χ3n) is 2.94. The lowest BCUT2D eigenvalue weighted by molar-refractivity contribution is 0.0855. The first-order valence-electron chi connectivity index (χ1n) is 6.24. The van der Waals surface area contributed by atoms with Crippen LogP contribution in [-0.2, 0) is 0 Å². The lowest BCUT2D eigenvalue weighted by Gasteiger charge is -2.15. The summed E-state index contributed by atoms with van der Waals surface area (Å²) in [5.41, 5.74) is 0.934.